The highest BCUT2D eigenvalue weighted by Crippen LogP contribution is 2.47. The second-order valence-electron chi connectivity index (χ2n) is 42.4. The summed E-state index contributed by atoms with van der Waals surface area (Å²) in [6.07, 6.45) is 14.8. The Morgan fingerprint density at radius 3 is 1.15 bits per heavy atom. The molecule has 6 atom stereocenters. The molecule has 8 heterocycles. The van der Waals surface area contributed by atoms with Gasteiger partial charge in [-0.25, -0.2) is 29.1 Å². The molecule has 4 aromatic carbocycles. The lowest BCUT2D eigenvalue weighted by molar-refractivity contribution is 0.0258. The average Bonchev–Trinajstić information content (AvgIpc) is 1.66. The van der Waals surface area contributed by atoms with E-state index >= 15 is 4.79 Å². The Morgan fingerprint density at radius 2 is 0.797 bits per heavy atom. The molecule has 6 saturated heterocycles. The number of imidazole rings is 2. The molecule has 6 fully saturated rings. The van der Waals surface area contributed by atoms with E-state index in [-0.39, 0.29) is 59.3 Å². The van der Waals surface area contributed by atoms with E-state index in [1.54, 1.807) is 9.80 Å². The van der Waals surface area contributed by atoms with Crippen LogP contribution in [0, 0.1) is 22.7 Å². The maximum atomic E-state index is 15.6. The molecule has 0 saturated carbocycles. The van der Waals surface area contributed by atoms with E-state index in [4.69, 9.17) is 67.8 Å². The maximum Gasteiger partial charge on any atom is 0.413 e. The lowest BCUT2D eigenvalue weighted by Crippen LogP contribution is -2.55. The number of rotatable bonds is 20. The van der Waals surface area contributed by atoms with Crippen LogP contribution in [0.5, 0.6) is 0 Å². The number of hydrogen-bond donors (Lipinski definition) is 1. The topological polar surface area (TPSA) is 185 Å². The summed E-state index contributed by atoms with van der Waals surface area (Å²) in [4.78, 5) is 82.6. The van der Waals surface area contributed by atoms with Crippen molar-refractivity contribution in [3.05, 3.63) is 156 Å². The van der Waals surface area contributed by atoms with Crippen LogP contribution in [-0.2, 0) is 36.2 Å². The first-order valence-corrected chi connectivity index (χ1v) is 52.4. The minimum Gasteiger partial charge on any atom is -0.444 e. The van der Waals surface area contributed by atoms with Crippen molar-refractivity contribution in [2.75, 3.05) is 91.6 Å². The van der Waals surface area contributed by atoms with Gasteiger partial charge in [0.25, 0.3) is 0 Å². The zero-order valence-corrected chi connectivity index (χ0v) is 82.7. The highest BCUT2D eigenvalue weighted by Gasteiger charge is 2.52. The van der Waals surface area contributed by atoms with Crippen LogP contribution in [0.3, 0.4) is 0 Å². The Hall–Kier alpha value is -6.52. The van der Waals surface area contributed by atoms with Gasteiger partial charge in [-0.1, -0.05) is 217 Å². The quantitative estimate of drug-likeness (QED) is 0.0432. The third-order valence-electron chi connectivity index (χ3n) is 25.9. The Labute approximate surface area is 754 Å². The number of aromatic nitrogens is 4. The second kappa shape index (κ2) is 41.7. The van der Waals surface area contributed by atoms with Crippen LogP contribution >= 0.6 is 34.8 Å². The van der Waals surface area contributed by atoms with E-state index in [2.05, 4.69) is 189 Å². The predicted octanol–water partition coefficient (Wildman–Crippen LogP) is 22.2. The Balaban J connectivity index is 0.000000227. The molecule has 12 rings (SSSR count). The summed E-state index contributed by atoms with van der Waals surface area (Å²) >= 11 is 18.4. The summed E-state index contributed by atoms with van der Waals surface area (Å²) in [6, 6.07) is 41.2. The van der Waals surface area contributed by atoms with Crippen molar-refractivity contribution < 1.29 is 42.2 Å². The predicted molar refractivity (Wildman–Crippen MR) is 504 cm³/mol. The zero-order chi connectivity index (χ0) is 89.8. The largest absolute Gasteiger partial charge is 0.444 e. The molecule has 2 aromatic heterocycles. The number of carbonyl (C=O) groups is 4. The summed E-state index contributed by atoms with van der Waals surface area (Å²) in [7, 11) is -4.63. The van der Waals surface area contributed by atoms with Gasteiger partial charge < -0.3 is 66.9 Å². The molecule has 6 aliphatic heterocycles. The van der Waals surface area contributed by atoms with Crippen molar-refractivity contribution in [3.63, 3.8) is 0 Å². The van der Waals surface area contributed by atoms with Gasteiger partial charge in [-0.3, -0.25) is 4.90 Å². The van der Waals surface area contributed by atoms with Gasteiger partial charge in [-0.2, -0.15) is 0 Å². The molecule has 1 N–H and O–H groups in total. The smallest absolute Gasteiger partial charge is 0.413 e. The average molecular weight is 1790 g/mol. The molecule has 26 heteroatoms. The highest BCUT2D eigenvalue weighted by atomic mass is 35.6. The molecular weight excluding hydrogens is 1640 g/mol. The lowest BCUT2D eigenvalue weighted by Gasteiger charge is -2.46. The maximum absolute atomic E-state index is 15.6. The number of amides is 5. The summed E-state index contributed by atoms with van der Waals surface area (Å²) in [5.41, 5.74) is 3.53. The molecule has 0 unspecified atom stereocenters. The van der Waals surface area contributed by atoms with Gasteiger partial charge >= 0.3 is 28.3 Å². The molecule has 0 bridgehead atoms. The third-order valence-corrected chi connectivity index (χ3v) is 35.1. The first-order valence-electron chi connectivity index (χ1n) is 45.5. The highest BCUT2D eigenvalue weighted by molar-refractivity contribution is 6.74. The third kappa shape index (κ3) is 28.0. The van der Waals surface area contributed by atoms with Crippen LogP contribution in [-0.4, -0.2) is 225 Å². The van der Waals surface area contributed by atoms with Crippen LogP contribution < -0.4 is 5.32 Å². The first kappa shape index (κ1) is 98.7. The summed E-state index contributed by atoms with van der Waals surface area (Å²) in [5, 5.41) is 3.29. The molecule has 123 heavy (non-hydrogen) atoms. The van der Waals surface area contributed by atoms with Gasteiger partial charge in [-0.15, -0.1) is 0 Å². The number of nitrogens with zero attached hydrogens (tertiary/aromatic N) is 11. The minimum absolute atomic E-state index is 0.0327. The van der Waals surface area contributed by atoms with E-state index in [9.17, 15) is 14.4 Å². The number of likely N-dealkylation sites (tertiary alicyclic amines) is 5. The SMILES string of the molecule is C1CCN(C2CCNCC2)CC1.CC(C)(C)OC(=O)N1C[C@H](CN(C(=O)N2CCC(N3CCCCC3)CC2)[C@@H](c2nc(-c3ccccc3)cn2Cc2ccccc2)C(C)(C)C)[C@@H](O[Si](C)(C)C(C)(C)C)C1.CC(C)(C)OC(=O)N1C[C@H](CN(C(=O)OC(Cl)(Cl)Cl)[C@@H](c2nc(-c3ccccc3)cn2Cc2ccccc2)C(C)(C)C)[C@@H](O[Si](C)(C)C(C)(C)C)C1. The molecule has 0 radical (unpaired) electrons. The molecule has 21 nitrogen and oxygen atoms in total. The van der Waals surface area contributed by atoms with Crippen LogP contribution in [0.15, 0.2) is 134 Å². The van der Waals surface area contributed by atoms with Gasteiger partial charge in [0.1, 0.15) is 22.9 Å². The van der Waals surface area contributed by atoms with Crippen LogP contribution in [0.1, 0.15) is 224 Å². The number of benzene rings is 4. The van der Waals surface area contributed by atoms with Crippen molar-refractivity contribution in [2.45, 2.75) is 290 Å². The van der Waals surface area contributed by atoms with Gasteiger partial charge in [0.2, 0.25) is 0 Å². The summed E-state index contributed by atoms with van der Waals surface area (Å²) in [5.74, 6) is 1.03. The molecule has 0 spiro atoms. The normalized spacial score (nSPS) is 20.4. The van der Waals surface area contributed by atoms with E-state index in [1.165, 1.54) is 83.1 Å². The van der Waals surface area contributed by atoms with E-state index in [0.717, 1.165) is 79.0 Å². The zero-order valence-electron chi connectivity index (χ0n) is 78.4. The fourth-order valence-corrected chi connectivity index (χ4v) is 20.5. The number of urea groups is 1. The van der Waals surface area contributed by atoms with Crippen LogP contribution in [0.4, 0.5) is 19.2 Å². The van der Waals surface area contributed by atoms with Crippen molar-refractivity contribution in [1.29, 1.82) is 0 Å². The Kier molecular flexibility index (Phi) is 33.5. The Morgan fingerprint density at radius 1 is 0.447 bits per heavy atom. The lowest BCUT2D eigenvalue weighted by atomic mass is 9.84. The fraction of sp³-hybridized carbons (Fsp3) is 0.649. The van der Waals surface area contributed by atoms with Gasteiger partial charge in [0, 0.05) is 113 Å². The van der Waals surface area contributed by atoms with E-state index in [1.807, 2.05) is 134 Å². The molecule has 5 amide bonds. The molecule has 0 aliphatic carbocycles. The molecule has 6 aliphatic rings. The summed E-state index contributed by atoms with van der Waals surface area (Å²) in [6.45, 7) is 58.4. The van der Waals surface area contributed by atoms with Gasteiger partial charge in [0.15, 0.2) is 16.6 Å². The van der Waals surface area contributed by atoms with Crippen molar-refractivity contribution in [2.24, 2.45) is 22.7 Å². The van der Waals surface area contributed by atoms with Crippen molar-refractivity contribution >= 4 is 75.7 Å². The van der Waals surface area contributed by atoms with E-state index in [0.29, 0.717) is 51.1 Å². The van der Waals surface area contributed by atoms with Gasteiger partial charge in [0.05, 0.1) is 35.7 Å². The van der Waals surface area contributed by atoms with Crippen LogP contribution in [0.2, 0.25) is 36.3 Å². The van der Waals surface area contributed by atoms with Crippen molar-refractivity contribution in [1.82, 2.24) is 58.7 Å². The number of ether oxygens (including phenoxy) is 3. The number of piperidine rings is 4. The Bertz CT molecular complexity index is 4300. The van der Waals surface area contributed by atoms with Gasteiger partial charge in [-0.05, 0) is 225 Å². The second-order valence-corrected chi connectivity index (χ2v) is 54.1. The fourth-order valence-electron chi connectivity index (χ4n) is 17.5. The monoisotopic (exact) mass is 1790 g/mol. The first-order chi connectivity index (χ1) is 57.5. The van der Waals surface area contributed by atoms with E-state index < -0.39 is 67.0 Å². The number of halogens is 3. The minimum atomic E-state index is -2.35. The molecule has 6 aromatic rings. The summed E-state index contributed by atoms with van der Waals surface area (Å²) < 4.78 is 33.5. The number of alkyl halides is 3. The number of hydrogen-bond acceptors (Lipinski definition) is 14. The standard InChI is InChI=1S/C48H74N6O4Si.C39H55Cl3N4O5Si.C10H20N2/c1-46(2,3)42(43-49-40(37-23-17-13-18-24-37)34-52(43)31-36-21-15-12-16-22-36)54(44(55)51-29-25-39(26-30-51)50-27-19-14-20-28-50)33-38-32-53(45(56)57-47(4,5)6)35-41(38)58-59(10,11)48(7,8)9;1-36(2,3)32(33-43-30(28-20-16-13-17-21-28)25-44(33)22-27-18-14-12-15-19-27)46(35(48)50-39(40,41)42)24-29-23-45(34(47)49-37(4,5)6)26-31(29)51-52(10,11)38(7,8)9;1-2-8-12(9-3-1)10-4-6-11-7-5-10/h12-13,15-18,21-24,34,38-39,41-42H,14,19-20,25-33,35H2,1-11H3;12-21,25,29,31-32H,22-24,26H2,1-11H3;10-11H,1-9H2/t38-,41+,42+;29-,31+,32+;/m11./s1. The molecule has 680 valence electrons. The number of carbonyl (C=O) groups excluding carboxylic acids is 4. The van der Waals surface area contributed by atoms with Crippen LogP contribution in [0.25, 0.3) is 22.5 Å². The van der Waals surface area contributed by atoms with Crippen molar-refractivity contribution in [3.8, 4) is 22.5 Å². The molecular formula is C97H149Cl3N12O9Si2. The number of nitrogens with one attached hydrogen (secondary N) is 1.